The largest absolute Gasteiger partial charge is 0.460 e. The van der Waals surface area contributed by atoms with E-state index in [0.29, 0.717) is 9.75 Å². The summed E-state index contributed by atoms with van der Waals surface area (Å²) in [6, 6.07) is 6.08. The molecule has 5 rings (SSSR count). The smallest absolute Gasteiger partial charge is 0.349 e. The van der Waals surface area contributed by atoms with Gasteiger partial charge in [0.2, 0.25) is 5.60 Å². The van der Waals surface area contributed by atoms with Crippen LogP contribution in [0.4, 0.5) is 0 Å². The maximum Gasteiger partial charge on any atom is 0.349 e. The van der Waals surface area contributed by atoms with Crippen LogP contribution in [0.1, 0.15) is 28.2 Å². The van der Waals surface area contributed by atoms with Crippen molar-refractivity contribution in [1.29, 1.82) is 0 Å². The first kappa shape index (κ1) is 16.0. The number of aryl methyl sites for hydroxylation is 1. The maximum absolute atomic E-state index is 13.1. The highest BCUT2D eigenvalue weighted by atomic mass is 32.1. The molecule has 132 valence electrons. The van der Waals surface area contributed by atoms with Crippen LogP contribution in [-0.2, 0) is 19.9 Å². The van der Waals surface area contributed by atoms with E-state index in [9.17, 15) is 9.90 Å². The van der Waals surface area contributed by atoms with Gasteiger partial charge >= 0.3 is 5.97 Å². The lowest BCUT2D eigenvalue weighted by molar-refractivity contribution is -0.169. The second-order valence-electron chi connectivity index (χ2n) is 7.06. The summed E-state index contributed by atoms with van der Waals surface area (Å²) < 4.78 is 11.5. The van der Waals surface area contributed by atoms with Gasteiger partial charge in [0.1, 0.15) is 18.3 Å². The lowest BCUT2D eigenvalue weighted by atomic mass is 9.96. The second kappa shape index (κ2) is 5.62. The van der Waals surface area contributed by atoms with Gasteiger partial charge in [0.15, 0.2) is 0 Å². The zero-order valence-corrected chi connectivity index (χ0v) is 15.3. The van der Waals surface area contributed by atoms with E-state index in [4.69, 9.17) is 9.47 Å². The maximum atomic E-state index is 13.1. The van der Waals surface area contributed by atoms with E-state index in [1.165, 1.54) is 22.7 Å². The summed E-state index contributed by atoms with van der Waals surface area (Å²) in [5, 5.41) is 18.7. The molecule has 3 fully saturated rings. The molecule has 5 atom stereocenters. The summed E-state index contributed by atoms with van der Waals surface area (Å²) >= 11 is 2.76. The first-order valence-corrected chi connectivity index (χ1v) is 10.3. The Morgan fingerprint density at radius 1 is 1.28 bits per heavy atom. The molecule has 7 heteroatoms. The highest BCUT2D eigenvalue weighted by Crippen LogP contribution is 2.44. The molecule has 0 aliphatic carbocycles. The molecule has 25 heavy (non-hydrogen) atoms. The number of hydrogen-bond donors (Lipinski definition) is 2. The number of aliphatic hydroxyl groups is 1. The van der Waals surface area contributed by atoms with Crippen LogP contribution in [0.5, 0.6) is 0 Å². The molecule has 3 aliphatic rings. The normalized spacial score (nSPS) is 35.0. The lowest BCUT2D eigenvalue weighted by Crippen LogP contribution is -2.48. The Kier molecular flexibility index (Phi) is 3.59. The summed E-state index contributed by atoms with van der Waals surface area (Å²) in [7, 11) is 0. The molecule has 3 saturated heterocycles. The van der Waals surface area contributed by atoms with Gasteiger partial charge in [-0.1, -0.05) is 6.07 Å². The molecule has 5 heterocycles. The number of esters is 1. The van der Waals surface area contributed by atoms with Gasteiger partial charge in [0, 0.05) is 24.9 Å². The van der Waals surface area contributed by atoms with Gasteiger partial charge in [-0.2, -0.15) is 0 Å². The van der Waals surface area contributed by atoms with E-state index in [2.05, 4.69) is 5.32 Å². The minimum absolute atomic E-state index is 0.174. The van der Waals surface area contributed by atoms with Crippen molar-refractivity contribution < 1.29 is 19.4 Å². The van der Waals surface area contributed by atoms with E-state index in [-0.39, 0.29) is 30.4 Å². The first-order valence-electron chi connectivity index (χ1n) is 8.51. The number of ether oxygens (including phenoxy) is 2. The third-order valence-electron chi connectivity index (χ3n) is 5.45. The summed E-state index contributed by atoms with van der Waals surface area (Å²) in [6.07, 6.45) is 1.88. The van der Waals surface area contributed by atoms with Gasteiger partial charge in [-0.25, -0.2) is 4.79 Å². The van der Waals surface area contributed by atoms with Crippen LogP contribution in [0, 0.1) is 6.92 Å². The molecule has 3 aliphatic heterocycles. The fourth-order valence-electron chi connectivity index (χ4n) is 4.18. The number of carbonyl (C=O) groups is 1. The molecular formula is C18H19NO4S2. The quantitative estimate of drug-likeness (QED) is 0.631. The van der Waals surface area contributed by atoms with Crippen molar-refractivity contribution >= 4 is 28.6 Å². The van der Waals surface area contributed by atoms with Crippen LogP contribution in [0.15, 0.2) is 29.0 Å². The number of epoxide rings is 1. The summed E-state index contributed by atoms with van der Waals surface area (Å²) in [5.74, 6) is -0.568. The molecular weight excluding hydrogens is 358 g/mol. The monoisotopic (exact) mass is 377 g/mol. The minimum Gasteiger partial charge on any atom is -0.460 e. The standard InChI is InChI=1S/C18H19NO4S2/c1-9-4-6-25-16(9)18(21,13-3-2-5-24-13)17(20)22-10-7-11-14-15(23-14)12(8-10)19-11/h2-6,10-12,14-15,19,21H,7-8H2,1H3. The van der Waals surface area contributed by atoms with Crippen LogP contribution < -0.4 is 5.32 Å². The Morgan fingerprint density at radius 3 is 2.64 bits per heavy atom. The lowest BCUT2D eigenvalue weighted by Gasteiger charge is -2.33. The summed E-state index contributed by atoms with van der Waals surface area (Å²) in [5.41, 5.74) is -0.826. The Morgan fingerprint density at radius 2 is 2.04 bits per heavy atom. The molecule has 0 aromatic carbocycles. The SMILES string of the molecule is Cc1ccsc1C(O)(C(=O)OC1CC2NC(C1)C1OC21)c1cccs1. The van der Waals surface area contributed by atoms with Crippen molar-refractivity contribution in [3.05, 3.63) is 44.3 Å². The molecule has 2 bridgehead atoms. The van der Waals surface area contributed by atoms with E-state index in [1.807, 2.05) is 29.8 Å². The molecule has 2 N–H and O–H groups in total. The van der Waals surface area contributed by atoms with Crippen LogP contribution >= 0.6 is 22.7 Å². The van der Waals surface area contributed by atoms with Crippen molar-refractivity contribution in [3.63, 3.8) is 0 Å². The highest BCUT2D eigenvalue weighted by molar-refractivity contribution is 7.12. The number of rotatable bonds is 4. The molecule has 2 aromatic heterocycles. The van der Waals surface area contributed by atoms with Crippen molar-refractivity contribution in [2.45, 2.75) is 55.8 Å². The third kappa shape index (κ3) is 2.41. The van der Waals surface area contributed by atoms with Gasteiger partial charge in [-0.3, -0.25) is 0 Å². The highest BCUT2D eigenvalue weighted by Gasteiger charge is 2.60. The number of hydrogen-bond acceptors (Lipinski definition) is 7. The second-order valence-corrected chi connectivity index (χ2v) is 8.93. The predicted octanol–water partition coefficient (Wildman–Crippen LogP) is 2.17. The minimum atomic E-state index is -1.73. The Labute approximate surface area is 153 Å². The average Bonchev–Trinajstić information content (AvgIpc) is 2.92. The summed E-state index contributed by atoms with van der Waals surface area (Å²) in [6.45, 7) is 1.91. The molecule has 5 nitrogen and oxygen atoms in total. The number of morpholine rings is 1. The Balaban J connectivity index is 1.42. The first-order chi connectivity index (χ1) is 12.1. The van der Waals surface area contributed by atoms with Gasteiger partial charge in [-0.15, -0.1) is 22.7 Å². The van der Waals surface area contributed by atoms with Gasteiger partial charge < -0.3 is 19.9 Å². The van der Waals surface area contributed by atoms with Gasteiger partial charge in [0.05, 0.1) is 9.75 Å². The number of piperidine rings is 1. The van der Waals surface area contributed by atoms with E-state index < -0.39 is 11.6 Å². The average molecular weight is 377 g/mol. The van der Waals surface area contributed by atoms with Crippen molar-refractivity contribution in [3.8, 4) is 0 Å². The van der Waals surface area contributed by atoms with E-state index in [0.717, 1.165) is 18.4 Å². The number of thiophene rings is 2. The molecule has 0 saturated carbocycles. The molecule has 5 unspecified atom stereocenters. The van der Waals surface area contributed by atoms with Crippen LogP contribution in [0.3, 0.4) is 0 Å². The fourth-order valence-corrected chi connectivity index (χ4v) is 6.09. The fraction of sp³-hybridized carbons (Fsp3) is 0.500. The van der Waals surface area contributed by atoms with Gasteiger partial charge in [-0.05, 0) is 35.4 Å². The molecule has 0 amide bonds. The molecule has 0 spiro atoms. The third-order valence-corrected chi connectivity index (χ3v) is 7.56. The zero-order valence-electron chi connectivity index (χ0n) is 13.7. The molecule has 2 aromatic rings. The number of carbonyl (C=O) groups excluding carboxylic acids is 1. The van der Waals surface area contributed by atoms with Crippen molar-refractivity contribution in [1.82, 2.24) is 5.32 Å². The Hall–Kier alpha value is -1.25. The van der Waals surface area contributed by atoms with Crippen LogP contribution in [-0.4, -0.2) is 41.5 Å². The zero-order chi connectivity index (χ0) is 17.2. The topological polar surface area (TPSA) is 71.1 Å². The number of fused-ring (bicyclic) bond motifs is 5. The van der Waals surface area contributed by atoms with Crippen molar-refractivity contribution in [2.24, 2.45) is 0 Å². The van der Waals surface area contributed by atoms with Crippen molar-refractivity contribution in [2.75, 3.05) is 0 Å². The van der Waals surface area contributed by atoms with Gasteiger partial charge in [0.25, 0.3) is 0 Å². The molecule has 0 radical (unpaired) electrons. The van der Waals surface area contributed by atoms with Crippen LogP contribution in [0.25, 0.3) is 0 Å². The van der Waals surface area contributed by atoms with E-state index >= 15 is 0 Å². The predicted molar refractivity (Wildman–Crippen MR) is 94.9 cm³/mol. The Bertz CT molecular complexity index is 788. The number of nitrogens with one attached hydrogen (secondary N) is 1. The van der Waals surface area contributed by atoms with E-state index in [1.54, 1.807) is 6.07 Å². The van der Waals surface area contributed by atoms with Crippen LogP contribution in [0.2, 0.25) is 0 Å². The summed E-state index contributed by atoms with van der Waals surface area (Å²) in [4.78, 5) is 14.3.